The number of aromatic nitrogens is 4. The number of aromatic amines is 1. The third-order valence-electron chi connectivity index (χ3n) is 3.79. The molecule has 8 nitrogen and oxygen atoms in total. The van der Waals surface area contributed by atoms with Crippen molar-refractivity contribution in [2.45, 2.75) is 25.4 Å². The largest absolute Gasteiger partial charge is 0.461 e. The summed E-state index contributed by atoms with van der Waals surface area (Å²) in [5.41, 5.74) is 0. The van der Waals surface area contributed by atoms with E-state index in [1.165, 1.54) is 0 Å². The van der Waals surface area contributed by atoms with Crippen LogP contribution in [0.2, 0.25) is 0 Å². The standard InChI is InChI=1S/C15H16N6O2S/c22-15(19-12(9-3-4-9)14-16-5-7-24-14)17-8-11-18-13(21-20-11)10-2-1-6-23-10/h1-2,5-7,9,12H,3-4,8H2,(H2,17,19,22)(H,18,20,21)/t12-/m0/s1. The molecule has 1 aliphatic carbocycles. The number of urea groups is 1. The lowest BCUT2D eigenvalue weighted by molar-refractivity contribution is 0.235. The minimum absolute atomic E-state index is 0.0154. The molecule has 3 N–H and O–H groups in total. The molecule has 1 fully saturated rings. The van der Waals surface area contributed by atoms with Crippen LogP contribution in [-0.2, 0) is 6.54 Å². The van der Waals surface area contributed by atoms with Crippen LogP contribution in [0.5, 0.6) is 0 Å². The fourth-order valence-electron chi connectivity index (χ4n) is 2.45. The van der Waals surface area contributed by atoms with E-state index in [0.29, 0.717) is 23.3 Å². The molecule has 3 heterocycles. The summed E-state index contributed by atoms with van der Waals surface area (Å²) in [6, 6.07) is 3.30. The van der Waals surface area contributed by atoms with Crippen LogP contribution in [0.15, 0.2) is 34.4 Å². The van der Waals surface area contributed by atoms with Crippen LogP contribution in [0, 0.1) is 5.92 Å². The molecule has 3 aromatic rings. The maximum absolute atomic E-state index is 12.2. The fourth-order valence-corrected chi connectivity index (χ4v) is 3.23. The van der Waals surface area contributed by atoms with Gasteiger partial charge < -0.3 is 15.1 Å². The summed E-state index contributed by atoms with van der Waals surface area (Å²) in [5, 5.41) is 15.5. The van der Waals surface area contributed by atoms with Crippen molar-refractivity contribution in [3.8, 4) is 11.6 Å². The highest BCUT2D eigenvalue weighted by atomic mass is 32.1. The SMILES string of the molecule is O=C(NCc1nc(-c2ccco2)n[nH]1)N[C@H](c1nccs1)C1CC1. The molecule has 24 heavy (non-hydrogen) atoms. The Labute approximate surface area is 141 Å². The maximum Gasteiger partial charge on any atom is 0.315 e. The molecular weight excluding hydrogens is 328 g/mol. The molecule has 0 radical (unpaired) electrons. The van der Waals surface area contributed by atoms with E-state index in [4.69, 9.17) is 4.42 Å². The molecule has 0 bridgehead atoms. The van der Waals surface area contributed by atoms with Gasteiger partial charge in [-0.2, -0.15) is 0 Å². The van der Waals surface area contributed by atoms with Gasteiger partial charge in [0.1, 0.15) is 10.8 Å². The Balaban J connectivity index is 1.33. The van der Waals surface area contributed by atoms with Gasteiger partial charge in [0.25, 0.3) is 0 Å². The number of amides is 2. The normalized spacial score (nSPS) is 15.2. The highest BCUT2D eigenvalue weighted by molar-refractivity contribution is 7.09. The smallest absolute Gasteiger partial charge is 0.315 e. The lowest BCUT2D eigenvalue weighted by Gasteiger charge is -2.16. The van der Waals surface area contributed by atoms with Gasteiger partial charge in [0.15, 0.2) is 5.76 Å². The van der Waals surface area contributed by atoms with E-state index in [0.717, 1.165) is 17.8 Å². The summed E-state index contributed by atoms with van der Waals surface area (Å²) in [5.74, 6) is 2.10. The van der Waals surface area contributed by atoms with Crippen molar-refractivity contribution in [3.63, 3.8) is 0 Å². The van der Waals surface area contributed by atoms with E-state index < -0.39 is 0 Å². The molecule has 1 atom stereocenters. The molecule has 0 saturated heterocycles. The third-order valence-corrected chi connectivity index (χ3v) is 4.65. The zero-order valence-corrected chi connectivity index (χ0v) is 13.5. The quantitative estimate of drug-likeness (QED) is 0.636. The highest BCUT2D eigenvalue weighted by Crippen LogP contribution is 2.41. The van der Waals surface area contributed by atoms with Gasteiger partial charge >= 0.3 is 6.03 Å². The van der Waals surface area contributed by atoms with Crippen LogP contribution in [0.4, 0.5) is 4.79 Å². The first kappa shape index (κ1) is 14.9. The monoisotopic (exact) mass is 344 g/mol. The summed E-state index contributed by atoms with van der Waals surface area (Å²) in [7, 11) is 0. The number of thiazole rings is 1. The van der Waals surface area contributed by atoms with Gasteiger partial charge in [-0.1, -0.05) is 0 Å². The van der Waals surface area contributed by atoms with E-state index in [9.17, 15) is 4.79 Å². The molecule has 2 amide bonds. The number of nitrogens with zero attached hydrogens (tertiary/aromatic N) is 3. The predicted molar refractivity (Wildman–Crippen MR) is 87.0 cm³/mol. The molecule has 0 aliphatic heterocycles. The predicted octanol–water partition coefficient (Wildman–Crippen LogP) is 2.47. The van der Waals surface area contributed by atoms with Crippen molar-refractivity contribution in [2.24, 2.45) is 5.92 Å². The third kappa shape index (κ3) is 3.30. The van der Waals surface area contributed by atoms with Gasteiger partial charge in [-0.15, -0.1) is 16.4 Å². The maximum atomic E-state index is 12.2. The number of rotatable bonds is 6. The van der Waals surface area contributed by atoms with Crippen molar-refractivity contribution >= 4 is 17.4 Å². The summed E-state index contributed by atoms with van der Waals surface area (Å²) in [6.07, 6.45) is 5.58. The number of hydrogen-bond acceptors (Lipinski definition) is 6. The van der Waals surface area contributed by atoms with Gasteiger partial charge in [-0.3, -0.25) is 5.10 Å². The number of hydrogen-bond donors (Lipinski definition) is 3. The van der Waals surface area contributed by atoms with Gasteiger partial charge in [0.2, 0.25) is 5.82 Å². The Kier molecular flexibility index (Phi) is 3.99. The highest BCUT2D eigenvalue weighted by Gasteiger charge is 2.34. The Bertz CT molecular complexity index is 794. The summed E-state index contributed by atoms with van der Waals surface area (Å²) < 4.78 is 5.24. The molecule has 3 aromatic heterocycles. The number of H-pyrrole nitrogens is 1. The lowest BCUT2D eigenvalue weighted by Crippen LogP contribution is -2.38. The van der Waals surface area contributed by atoms with Crippen molar-refractivity contribution in [1.29, 1.82) is 0 Å². The van der Waals surface area contributed by atoms with Crippen molar-refractivity contribution in [2.75, 3.05) is 0 Å². The minimum atomic E-state index is -0.238. The van der Waals surface area contributed by atoms with Crippen LogP contribution in [0.1, 0.15) is 29.7 Å². The molecule has 1 saturated carbocycles. The fraction of sp³-hybridized carbons (Fsp3) is 0.333. The zero-order valence-electron chi connectivity index (χ0n) is 12.7. The summed E-state index contributed by atoms with van der Waals surface area (Å²) in [6.45, 7) is 0.259. The first-order chi connectivity index (χ1) is 11.8. The van der Waals surface area contributed by atoms with Crippen molar-refractivity contribution in [1.82, 2.24) is 30.8 Å². The lowest BCUT2D eigenvalue weighted by atomic mass is 10.2. The van der Waals surface area contributed by atoms with E-state index in [2.05, 4.69) is 30.8 Å². The second-order valence-corrected chi connectivity index (χ2v) is 6.52. The molecule has 124 valence electrons. The second-order valence-electron chi connectivity index (χ2n) is 5.60. The van der Waals surface area contributed by atoms with E-state index in [-0.39, 0.29) is 18.6 Å². The van der Waals surface area contributed by atoms with E-state index >= 15 is 0 Å². The van der Waals surface area contributed by atoms with Gasteiger partial charge in [0, 0.05) is 11.6 Å². The number of carbonyl (C=O) groups is 1. The Morgan fingerprint density at radius 1 is 1.50 bits per heavy atom. The summed E-state index contributed by atoms with van der Waals surface area (Å²) >= 11 is 1.57. The van der Waals surface area contributed by atoms with Gasteiger partial charge in [-0.05, 0) is 30.9 Å². The van der Waals surface area contributed by atoms with E-state index in [1.807, 2.05) is 5.38 Å². The number of carbonyl (C=O) groups excluding carboxylic acids is 1. The minimum Gasteiger partial charge on any atom is -0.461 e. The average Bonchev–Trinajstić information content (AvgIpc) is 3.07. The molecular formula is C15H16N6O2S. The number of furan rings is 1. The Morgan fingerprint density at radius 2 is 2.42 bits per heavy atom. The second kappa shape index (κ2) is 6.44. The van der Waals surface area contributed by atoms with Crippen molar-refractivity contribution < 1.29 is 9.21 Å². The average molecular weight is 344 g/mol. The summed E-state index contributed by atoms with van der Waals surface area (Å²) in [4.78, 5) is 20.8. The van der Waals surface area contributed by atoms with Gasteiger partial charge in [-0.25, -0.2) is 14.8 Å². The van der Waals surface area contributed by atoms with Crippen LogP contribution in [0.25, 0.3) is 11.6 Å². The first-order valence-electron chi connectivity index (χ1n) is 7.68. The van der Waals surface area contributed by atoms with Gasteiger partial charge in [0.05, 0.1) is 18.8 Å². The zero-order chi connectivity index (χ0) is 16.4. The van der Waals surface area contributed by atoms with Crippen LogP contribution < -0.4 is 10.6 Å². The van der Waals surface area contributed by atoms with E-state index in [1.54, 1.807) is 35.9 Å². The molecule has 0 aromatic carbocycles. The Hall–Kier alpha value is -2.68. The molecule has 0 spiro atoms. The van der Waals surface area contributed by atoms with Crippen LogP contribution >= 0.6 is 11.3 Å². The molecule has 4 rings (SSSR count). The number of nitrogens with one attached hydrogen (secondary N) is 3. The first-order valence-corrected chi connectivity index (χ1v) is 8.56. The Morgan fingerprint density at radius 3 is 3.12 bits per heavy atom. The van der Waals surface area contributed by atoms with Crippen molar-refractivity contribution in [3.05, 3.63) is 40.8 Å². The van der Waals surface area contributed by atoms with Crippen LogP contribution in [0.3, 0.4) is 0 Å². The molecule has 9 heteroatoms. The topological polar surface area (TPSA) is 109 Å². The van der Waals surface area contributed by atoms with Crippen LogP contribution in [-0.4, -0.2) is 26.2 Å². The molecule has 1 aliphatic rings. The molecule has 0 unspecified atom stereocenters.